The Hall–Kier alpha value is -3.07. The fraction of sp³-hybridized carbons (Fsp3) is 0.531. The number of carbonyl (C=O) groups excluding carboxylic acids is 1. The maximum absolute atomic E-state index is 13.6. The molecule has 3 aliphatic rings. The van der Waals surface area contributed by atoms with Gasteiger partial charge in [-0.3, -0.25) is 9.69 Å². The number of aliphatic hydroxyl groups excluding tert-OH is 2. The summed E-state index contributed by atoms with van der Waals surface area (Å²) in [6, 6.07) is 14.4. The van der Waals surface area contributed by atoms with E-state index in [-0.39, 0.29) is 37.2 Å². The molecule has 4 atom stereocenters. The monoisotopic (exact) mass is 549 g/mol. The second-order valence-electron chi connectivity index (χ2n) is 11.1. The molecule has 8 nitrogen and oxygen atoms in total. The van der Waals surface area contributed by atoms with Gasteiger partial charge in [-0.2, -0.15) is 0 Å². The predicted octanol–water partition coefficient (Wildman–Crippen LogP) is 3.77. The van der Waals surface area contributed by atoms with Gasteiger partial charge < -0.3 is 29.5 Å². The number of hydrogen-bond acceptors (Lipinski definition) is 7. The van der Waals surface area contributed by atoms with E-state index < -0.39 is 6.23 Å². The van der Waals surface area contributed by atoms with E-state index in [1.807, 2.05) is 29.2 Å². The number of rotatable bonds is 13. The summed E-state index contributed by atoms with van der Waals surface area (Å²) in [5.41, 5.74) is 3.42. The lowest BCUT2D eigenvalue weighted by molar-refractivity contribution is -0.133. The Bertz CT molecular complexity index is 1160. The standard InChI is InChI=1S/C32H43N3O5/c1-3-5-14-33(15-8-17-36)32(38)21-34-20-26(23-11-12-29-30(18-23)40-22-39-29)25(4-2)28(34)13-16-35-27-10-7-6-9-24(27)19-31(35)37/h4,6-7,9-12,18,25-26,28,31,36-37H,2-3,5,8,13-17,19-22H2,1H3/t25-,26-,28+,31?/m1/s1. The maximum atomic E-state index is 13.6. The zero-order chi connectivity index (χ0) is 28.1. The van der Waals surface area contributed by atoms with Gasteiger partial charge >= 0.3 is 0 Å². The predicted molar refractivity (Wildman–Crippen MR) is 156 cm³/mol. The molecule has 216 valence electrons. The number of unbranched alkanes of at least 4 members (excludes halogenated alkanes) is 1. The minimum Gasteiger partial charge on any atom is -0.454 e. The van der Waals surface area contributed by atoms with Crippen molar-refractivity contribution >= 4 is 11.6 Å². The van der Waals surface area contributed by atoms with Crippen LogP contribution in [-0.2, 0) is 11.2 Å². The molecule has 0 aliphatic carbocycles. The molecule has 40 heavy (non-hydrogen) atoms. The first-order chi connectivity index (χ1) is 19.5. The maximum Gasteiger partial charge on any atom is 0.236 e. The normalized spacial score (nSPS) is 23.4. The van der Waals surface area contributed by atoms with Crippen LogP contribution in [0, 0.1) is 5.92 Å². The summed E-state index contributed by atoms with van der Waals surface area (Å²) < 4.78 is 11.2. The van der Waals surface area contributed by atoms with Crippen LogP contribution < -0.4 is 14.4 Å². The first-order valence-corrected chi connectivity index (χ1v) is 14.7. The number of fused-ring (bicyclic) bond motifs is 2. The Kier molecular flexibility index (Phi) is 9.29. The molecule has 0 saturated carbocycles. The summed E-state index contributed by atoms with van der Waals surface area (Å²) in [4.78, 5) is 19.9. The van der Waals surface area contributed by atoms with Gasteiger partial charge in [0, 0.05) is 62.8 Å². The molecule has 1 saturated heterocycles. The fourth-order valence-corrected chi connectivity index (χ4v) is 6.59. The molecule has 2 aromatic carbocycles. The van der Waals surface area contributed by atoms with Crippen molar-refractivity contribution in [3.63, 3.8) is 0 Å². The highest BCUT2D eigenvalue weighted by atomic mass is 16.7. The first kappa shape index (κ1) is 28.5. The van der Waals surface area contributed by atoms with E-state index in [4.69, 9.17) is 9.47 Å². The largest absolute Gasteiger partial charge is 0.454 e. The molecule has 0 aromatic heterocycles. The zero-order valence-corrected chi connectivity index (χ0v) is 23.6. The van der Waals surface area contributed by atoms with Crippen LogP contribution in [0.4, 0.5) is 5.69 Å². The number of anilines is 1. The van der Waals surface area contributed by atoms with Crippen molar-refractivity contribution in [1.82, 2.24) is 9.80 Å². The molecule has 3 heterocycles. The smallest absolute Gasteiger partial charge is 0.236 e. The van der Waals surface area contributed by atoms with Crippen molar-refractivity contribution < 1.29 is 24.5 Å². The lowest BCUT2D eigenvalue weighted by Gasteiger charge is -2.32. The van der Waals surface area contributed by atoms with Gasteiger partial charge in [-0.05, 0) is 48.6 Å². The number of aliphatic hydroxyl groups is 2. The van der Waals surface area contributed by atoms with Crippen LogP contribution in [0.25, 0.3) is 0 Å². The van der Waals surface area contributed by atoms with Crippen molar-refractivity contribution in [1.29, 1.82) is 0 Å². The third-order valence-corrected chi connectivity index (χ3v) is 8.69. The number of nitrogens with zero attached hydrogens (tertiary/aromatic N) is 3. The summed E-state index contributed by atoms with van der Waals surface area (Å²) in [6.45, 7) is 9.69. The van der Waals surface area contributed by atoms with Gasteiger partial charge in [0.05, 0.1) is 6.54 Å². The van der Waals surface area contributed by atoms with Gasteiger partial charge in [0.1, 0.15) is 6.23 Å². The van der Waals surface area contributed by atoms with E-state index in [9.17, 15) is 15.0 Å². The van der Waals surface area contributed by atoms with Crippen molar-refractivity contribution in [2.24, 2.45) is 5.92 Å². The third kappa shape index (κ3) is 5.99. The SMILES string of the molecule is C=C[C@@H]1[C@@H](c2ccc3c(c2)OCO3)CN(CC(=O)N(CCCC)CCCO)[C@H]1CCN1c2ccccc2CC1O. The first-order valence-electron chi connectivity index (χ1n) is 14.7. The summed E-state index contributed by atoms with van der Waals surface area (Å²) in [5.74, 6) is 1.91. The van der Waals surface area contributed by atoms with Crippen molar-refractivity contribution in [3.05, 3.63) is 66.2 Å². The molecule has 1 unspecified atom stereocenters. The van der Waals surface area contributed by atoms with Gasteiger partial charge in [0.15, 0.2) is 11.5 Å². The molecule has 3 aliphatic heterocycles. The lowest BCUT2D eigenvalue weighted by atomic mass is 9.84. The molecule has 2 aromatic rings. The Labute approximate surface area is 237 Å². The van der Waals surface area contributed by atoms with E-state index in [0.29, 0.717) is 39.0 Å². The van der Waals surface area contributed by atoms with Gasteiger partial charge in [-0.25, -0.2) is 0 Å². The Morgan fingerprint density at radius 3 is 2.75 bits per heavy atom. The number of ether oxygens (including phenoxy) is 2. The van der Waals surface area contributed by atoms with Crippen LogP contribution >= 0.6 is 0 Å². The second-order valence-corrected chi connectivity index (χ2v) is 11.1. The highest BCUT2D eigenvalue weighted by molar-refractivity contribution is 5.78. The van der Waals surface area contributed by atoms with E-state index in [1.54, 1.807) is 0 Å². The van der Waals surface area contributed by atoms with Gasteiger partial charge in [0.25, 0.3) is 0 Å². The number of hydrogen-bond donors (Lipinski definition) is 2. The Morgan fingerprint density at radius 2 is 1.95 bits per heavy atom. The van der Waals surface area contributed by atoms with Crippen molar-refractivity contribution in [2.75, 3.05) is 51.0 Å². The molecular weight excluding hydrogens is 506 g/mol. The van der Waals surface area contributed by atoms with E-state index >= 15 is 0 Å². The van der Waals surface area contributed by atoms with E-state index in [2.05, 4.69) is 47.6 Å². The summed E-state index contributed by atoms with van der Waals surface area (Å²) in [5, 5.41) is 20.3. The number of amides is 1. The highest BCUT2D eigenvalue weighted by Crippen LogP contribution is 2.43. The van der Waals surface area contributed by atoms with Crippen LogP contribution in [-0.4, -0.2) is 84.3 Å². The highest BCUT2D eigenvalue weighted by Gasteiger charge is 2.42. The second kappa shape index (κ2) is 13.1. The molecule has 2 N–H and O–H groups in total. The van der Waals surface area contributed by atoms with Crippen LogP contribution in [0.3, 0.4) is 0 Å². The number of carbonyl (C=O) groups is 1. The van der Waals surface area contributed by atoms with E-state index in [0.717, 1.165) is 48.6 Å². The van der Waals surface area contributed by atoms with Crippen LogP contribution in [0.2, 0.25) is 0 Å². The lowest BCUT2D eigenvalue weighted by Crippen LogP contribution is -2.45. The quantitative estimate of drug-likeness (QED) is 0.368. The van der Waals surface area contributed by atoms with Crippen LogP contribution in [0.1, 0.15) is 49.7 Å². The van der Waals surface area contributed by atoms with Crippen molar-refractivity contribution in [2.45, 2.75) is 57.2 Å². The molecule has 1 amide bonds. The summed E-state index contributed by atoms with van der Waals surface area (Å²) in [6.07, 6.45) is 5.47. The summed E-state index contributed by atoms with van der Waals surface area (Å²) >= 11 is 0. The summed E-state index contributed by atoms with van der Waals surface area (Å²) in [7, 11) is 0. The average Bonchev–Trinajstić information content (AvgIpc) is 3.66. The molecule has 0 bridgehead atoms. The Morgan fingerprint density at radius 1 is 1.15 bits per heavy atom. The Balaban J connectivity index is 1.38. The molecule has 5 rings (SSSR count). The van der Waals surface area contributed by atoms with Crippen LogP contribution in [0.15, 0.2) is 55.1 Å². The molecule has 0 radical (unpaired) electrons. The average molecular weight is 550 g/mol. The van der Waals surface area contributed by atoms with Crippen LogP contribution in [0.5, 0.6) is 11.5 Å². The van der Waals surface area contributed by atoms with Gasteiger partial charge in [0.2, 0.25) is 12.7 Å². The third-order valence-electron chi connectivity index (χ3n) is 8.69. The topological polar surface area (TPSA) is 85.7 Å². The minimum atomic E-state index is -0.538. The fourth-order valence-electron chi connectivity index (χ4n) is 6.59. The number of para-hydroxylation sites is 1. The minimum absolute atomic E-state index is 0.0760. The van der Waals surface area contributed by atoms with E-state index in [1.165, 1.54) is 5.56 Å². The molecule has 8 heteroatoms. The molecule has 1 fully saturated rings. The number of benzene rings is 2. The van der Waals surface area contributed by atoms with Crippen molar-refractivity contribution in [3.8, 4) is 11.5 Å². The van der Waals surface area contributed by atoms with Gasteiger partial charge in [-0.15, -0.1) is 6.58 Å². The molecule has 0 spiro atoms. The zero-order valence-electron chi connectivity index (χ0n) is 23.6. The number of likely N-dealkylation sites (tertiary alicyclic amines) is 1. The molecular formula is C32H43N3O5. The van der Waals surface area contributed by atoms with Gasteiger partial charge in [-0.1, -0.05) is 43.7 Å².